The largest absolute Gasteiger partial charge is 0.495 e. The lowest BCUT2D eigenvalue weighted by Gasteiger charge is -2.43. The zero-order valence-corrected chi connectivity index (χ0v) is 28.4. The van der Waals surface area contributed by atoms with Crippen LogP contribution in [-0.4, -0.2) is 92.2 Å². The Labute approximate surface area is 275 Å². The number of carbonyl (C=O) groups is 3. The number of carbonyl (C=O) groups excluding carboxylic acids is 3. The van der Waals surface area contributed by atoms with Gasteiger partial charge in [-0.1, -0.05) is 42.3 Å². The van der Waals surface area contributed by atoms with Gasteiger partial charge in [-0.15, -0.1) is 0 Å². The molecule has 0 radical (unpaired) electrons. The van der Waals surface area contributed by atoms with E-state index in [-0.39, 0.29) is 17.9 Å². The molecule has 1 aromatic carbocycles. The van der Waals surface area contributed by atoms with Crippen molar-refractivity contribution in [3.63, 3.8) is 0 Å². The summed E-state index contributed by atoms with van der Waals surface area (Å²) in [5.74, 6) is -1.31. The van der Waals surface area contributed by atoms with E-state index in [4.69, 9.17) is 30.5 Å². The number of fused-ring (bicyclic) bond motifs is 6. The standard InChI is InChI=1S/C33H46ClN3O9/c1-18-10-9-11-24(44-8)33(42)17-26(46-30(40)36-33)31(3)16-23(31)32(4,41)25(45-29(39)19(2)35-5)15-27(38)37(6)21-13-20(12-18)14-22(43-7)28(21)34/h9-11,13-14,19,23-26,35,41-42H,12,15-17H2,1-8H3,(H,36,40)/b11-9+,18-10+/t19-,23?,24?,25?,26?,31?,32?,33?/m0/s1. The van der Waals surface area contributed by atoms with Crippen molar-refractivity contribution in [1.29, 1.82) is 0 Å². The SMILES string of the molecule is CN[C@@H](C)C(=O)OC1CC(=O)N(C)c2cc(cc(OC)c2Cl)C/C(C)=C/C=C/C(OC)C2(O)CC(OC(=O)N2)C2(C)CC2C1(C)O. The molecule has 0 spiro atoms. The zero-order valence-electron chi connectivity index (χ0n) is 27.7. The van der Waals surface area contributed by atoms with Crippen LogP contribution in [0.25, 0.3) is 0 Å². The highest BCUT2D eigenvalue weighted by molar-refractivity contribution is 6.35. The number of methoxy groups -OCH3 is 2. The van der Waals surface area contributed by atoms with E-state index >= 15 is 0 Å². The smallest absolute Gasteiger partial charge is 0.409 e. The third-order valence-electron chi connectivity index (χ3n) is 9.75. The molecule has 1 saturated heterocycles. The van der Waals surface area contributed by atoms with Crippen molar-refractivity contribution in [2.24, 2.45) is 11.3 Å². The first kappa shape index (κ1) is 35.7. The monoisotopic (exact) mass is 663 g/mol. The first-order valence-electron chi connectivity index (χ1n) is 15.3. The number of aliphatic hydroxyl groups is 2. The Morgan fingerprint density at radius 3 is 2.54 bits per heavy atom. The lowest BCUT2D eigenvalue weighted by atomic mass is 9.81. The number of nitrogens with zero attached hydrogens (tertiary/aromatic N) is 1. The number of hydrogen-bond acceptors (Lipinski definition) is 10. The number of halogens is 1. The minimum atomic E-state index is -1.82. The van der Waals surface area contributed by atoms with E-state index in [2.05, 4.69) is 10.6 Å². The number of benzene rings is 1. The summed E-state index contributed by atoms with van der Waals surface area (Å²) in [6.45, 7) is 6.89. The predicted octanol–water partition coefficient (Wildman–Crippen LogP) is 3.26. The number of rotatable bonds is 5. The Bertz CT molecular complexity index is 1410. The maximum Gasteiger partial charge on any atom is 0.409 e. The quantitative estimate of drug-likeness (QED) is 0.345. The van der Waals surface area contributed by atoms with Gasteiger partial charge < -0.3 is 39.4 Å². The minimum absolute atomic E-state index is 0.0413. The maximum absolute atomic E-state index is 13.9. The Balaban J connectivity index is 1.83. The van der Waals surface area contributed by atoms with Crippen molar-refractivity contribution in [2.75, 3.05) is 33.2 Å². The Kier molecular flexibility index (Phi) is 10.5. The summed E-state index contributed by atoms with van der Waals surface area (Å²) in [7, 11) is 6.08. The van der Waals surface area contributed by atoms with Gasteiger partial charge >= 0.3 is 12.1 Å². The molecule has 4 rings (SSSR count). The summed E-state index contributed by atoms with van der Waals surface area (Å²) in [4.78, 5) is 41.1. The highest BCUT2D eigenvalue weighted by Crippen LogP contribution is 2.63. The molecule has 2 heterocycles. The van der Waals surface area contributed by atoms with Gasteiger partial charge in [-0.25, -0.2) is 4.79 Å². The molecule has 13 heteroatoms. The summed E-state index contributed by atoms with van der Waals surface area (Å²) >= 11 is 6.69. The van der Waals surface area contributed by atoms with Gasteiger partial charge in [0.2, 0.25) is 5.91 Å². The van der Waals surface area contributed by atoms with Crippen molar-refractivity contribution in [1.82, 2.24) is 10.6 Å². The van der Waals surface area contributed by atoms with Crippen molar-refractivity contribution >= 4 is 35.3 Å². The lowest BCUT2D eigenvalue weighted by molar-refractivity contribution is -0.174. The average Bonchev–Trinajstić information content (AvgIpc) is 3.71. The molecule has 2 fully saturated rings. The minimum Gasteiger partial charge on any atom is -0.495 e. The van der Waals surface area contributed by atoms with E-state index in [1.165, 1.54) is 26.0 Å². The molecule has 1 aromatic rings. The average molecular weight is 664 g/mol. The number of amides is 2. The molecule has 254 valence electrons. The van der Waals surface area contributed by atoms with E-state index in [1.807, 2.05) is 19.9 Å². The van der Waals surface area contributed by atoms with Gasteiger partial charge in [0, 0.05) is 31.9 Å². The van der Waals surface area contributed by atoms with Crippen LogP contribution in [0.5, 0.6) is 5.75 Å². The number of alkyl carbamates (subject to hydrolysis) is 1. The van der Waals surface area contributed by atoms with Crippen LogP contribution < -0.4 is 20.3 Å². The fourth-order valence-corrected chi connectivity index (χ4v) is 6.84. The molecule has 1 aliphatic carbocycles. The van der Waals surface area contributed by atoms with Crippen LogP contribution in [0.3, 0.4) is 0 Å². The molecule has 0 aromatic heterocycles. The molecule has 12 nitrogen and oxygen atoms in total. The van der Waals surface area contributed by atoms with Gasteiger partial charge in [-0.2, -0.15) is 0 Å². The topological polar surface area (TPSA) is 156 Å². The number of hydrogen-bond donors (Lipinski definition) is 4. The molecular weight excluding hydrogens is 618 g/mol. The van der Waals surface area contributed by atoms with Gasteiger partial charge in [-0.3, -0.25) is 14.9 Å². The van der Waals surface area contributed by atoms with Crippen molar-refractivity contribution < 1.29 is 43.5 Å². The van der Waals surface area contributed by atoms with E-state index in [9.17, 15) is 24.6 Å². The van der Waals surface area contributed by atoms with Crippen LogP contribution >= 0.6 is 11.6 Å². The number of anilines is 1. The summed E-state index contributed by atoms with van der Waals surface area (Å²) in [6, 6.07) is 2.86. The Hall–Kier alpha value is -3.16. The number of ether oxygens (including phenoxy) is 4. The van der Waals surface area contributed by atoms with Gasteiger partial charge in [0.25, 0.3) is 0 Å². The second-order valence-electron chi connectivity index (χ2n) is 13.1. The normalized spacial score (nSPS) is 35.9. The van der Waals surface area contributed by atoms with Gasteiger partial charge in [0.1, 0.15) is 40.7 Å². The maximum atomic E-state index is 13.9. The zero-order chi connectivity index (χ0) is 34.2. The predicted molar refractivity (Wildman–Crippen MR) is 172 cm³/mol. The van der Waals surface area contributed by atoms with Gasteiger partial charge in [0.05, 0.1) is 19.2 Å². The van der Waals surface area contributed by atoms with E-state index in [0.29, 0.717) is 24.3 Å². The molecular formula is C33H46ClN3O9. The molecule has 7 unspecified atom stereocenters. The van der Waals surface area contributed by atoms with Crippen LogP contribution in [0.15, 0.2) is 35.9 Å². The highest BCUT2D eigenvalue weighted by atomic mass is 35.5. The summed E-state index contributed by atoms with van der Waals surface area (Å²) in [5, 5.41) is 29.3. The third kappa shape index (κ3) is 7.06. The number of likely N-dealkylation sites (N-methyl/N-ethyl adjacent to an activating group) is 1. The van der Waals surface area contributed by atoms with E-state index in [0.717, 1.165) is 11.1 Å². The second-order valence-corrected chi connectivity index (χ2v) is 13.5. The van der Waals surface area contributed by atoms with Crippen LogP contribution in [0.1, 0.15) is 52.5 Å². The highest BCUT2D eigenvalue weighted by Gasteiger charge is 2.68. The van der Waals surface area contributed by atoms with Crippen molar-refractivity contribution in [2.45, 2.75) is 89.1 Å². The second kappa shape index (κ2) is 13.5. The fraction of sp³-hybridized carbons (Fsp3) is 0.606. The summed E-state index contributed by atoms with van der Waals surface area (Å²) < 4.78 is 22.7. The van der Waals surface area contributed by atoms with Crippen LogP contribution in [0, 0.1) is 11.3 Å². The Morgan fingerprint density at radius 2 is 1.91 bits per heavy atom. The van der Waals surface area contributed by atoms with E-state index in [1.54, 1.807) is 45.3 Å². The lowest BCUT2D eigenvalue weighted by Crippen LogP contribution is -2.64. The number of esters is 1. The van der Waals surface area contributed by atoms with Gasteiger partial charge in [-0.05, 0) is 58.4 Å². The van der Waals surface area contributed by atoms with Crippen LogP contribution in [0.4, 0.5) is 10.5 Å². The third-order valence-corrected chi connectivity index (χ3v) is 10.1. The number of allylic oxidation sites excluding steroid dienone is 3. The first-order valence-corrected chi connectivity index (χ1v) is 15.7. The molecule has 8 atom stereocenters. The van der Waals surface area contributed by atoms with Crippen molar-refractivity contribution in [3.05, 3.63) is 46.5 Å². The molecule has 4 bridgehead atoms. The van der Waals surface area contributed by atoms with E-state index < -0.39 is 65.0 Å². The van der Waals surface area contributed by atoms with Gasteiger partial charge in [0.15, 0.2) is 5.72 Å². The molecule has 1 saturated carbocycles. The molecule has 2 amide bonds. The van der Waals surface area contributed by atoms with Crippen molar-refractivity contribution in [3.8, 4) is 5.75 Å². The molecule has 46 heavy (non-hydrogen) atoms. The fourth-order valence-electron chi connectivity index (χ4n) is 6.53. The Morgan fingerprint density at radius 1 is 1.22 bits per heavy atom. The summed E-state index contributed by atoms with van der Waals surface area (Å²) in [5.41, 5.74) is -2.25. The first-order chi connectivity index (χ1) is 21.5. The van der Waals surface area contributed by atoms with Crippen LogP contribution in [0.2, 0.25) is 5.02 Å². The molecule has 3 aliphatic rings. The molecule has 2 aliphatic heterocycles. The van der Waals surface area contributed by atoms with Crippen LogP contribution in [-0.2, 0) is 30.2 Å². The number of nitrogens with one attached hydrogen (secondary N) is 2. The summed E-state index contributed by atoms with van der Waals surface area (Å²) in [6.07, 6.45) is 1.82. The molecule has 4 N–H and O–H groups in total.